The lowest BCUT2D eigenvalue weighted by Crippen LogP contribution is -2.37. The van der Waals surface area contributed by atoms with Crippen molar-refractivity contribution >= 4 is 45.8 Å². The van der Waals surface area contributed by atoms with E-state index in [-0.39, 0.29) is 46.5 Å². The van der Waals surface area contributed by atoms with Crippen LogP contribution >= 0.6 is 0 Å². The number of alkyl carbamates (subject to hydrolysis) is 1. The molecule has 43 heavy (non-hydrogen) atoms. The van der Waals surface area contributed by atoms with Crippen LogP contribution < -0.4 is 22.1 Å². The van der Waals surface area contributed by atoms with Crippen molar-refractivity contribution < 1.29 is 31.4 Å². The standard InChI is InChI=1S/C29H37N9O5/c1-14-9-22(34-25-23(14)35-24(16(3)42-5)38(25)29(26(30)39)12-15(29)2)33-21-11-19-20(13-31-21)36(4)28(41)37(19)18-8-7-17(10-18)32-27(40)43-6/h9,11,13,15-18H,7-8,10,12H2,1-6H3,(H2,30,39)(H,32,40)(H,31,33,34)/i4D3,5D3,6D3. The number of nitrogens with one attached hydrogen (secondary N) is 2. The summed E-state index contributed by atoms with van der Waals surface area (Å²) in [5, 5.41) is 5.59. The molecule has 2 aliphatic rings. The quantitative estimate of drug-likeness (QED) is 0.275. The number of pyridine rings is 2. The van der Waals surface area contributed by atoms with Gasteiger partial charge in [0.2, 0.25) is 5.91 Å². The van der Waals surface area contributed by atoms with Crippen molar-refractivity contribution in [2.24, 2.45) is 18.6 Å². The number of aromatic nitrogens is 6. The van der Waals surface area contributed by atoms with Crippen LogP contribution in [0.2, 0.25) is 0 Å². The van der Waals surface area contributed by atoms with Crippen LogP contribution in [0.25, 0.3) is 22.2 Å². The molecular weight excluding hydrogens is 554 g/mol. The number of nitrogens with zero attached hydrogens (tertiary/aromatic N) is 6. The minimum Gasteiger partial charge on any atom is -0.453 e. The maximum absolute atomic E-state index is 13.7. The van der Waals surface area contributed by atoms with Crippen LogP contribution in [0.15, 0.2) is 23.1 Å². The van der Waals surface area contributed by atoms with E-state index in [4.69, 9.17) is 27.8 Å². The Kier molecular flexibility index (Phi) is 4.74. The first-order valence-electron chi connectivity index (χ1n) is 18.3. The van der Waals surface area contributed by atoms with Crippen molar-refractivity contribution in [1.82, 2.24) is 34.0 Å². The monoisotopic (exact) mass is 600 g/mol. The van der Waals surface area contributed by atoms with Crippen molar-refractivity contribution in [2.45, 2.75) is 70.2 Å². The highest BCUT2D eigenvalue weighted by Gasteiger charge is 2.60. The summed E-state index contributed by atoms with van der Waals surface area (Å²) in [7, 11) is -5.69. The van der Waals surface area contributed by atoms with Crippen LogP contribution in [0.5, 0.6) is 0 Å². The first-order chi connectivity index (χ1) is 24.0. The van der Waals surface area contributed by atoms with Gasteiger partial charge in [0, 0.05) is 36.3 Å². The molecule has 2 saturated carbocycles. The average molecular weight is 601 g/mol. The highest BCUT2D eigenvalue weighted by Crippen LogP contribution is 2.52. The number of carbonyl (C=O) groups excluding carboxylic acids is 2. The van der Waals surface area contributed by atoms with Crippen molar-refractivity contribution in [2.75, 3.05) is 19.4 Å². The summed E-state index contributed by atoms with van der Waals surface area (Å²) in [5.74, 6) is -0.266. The molecule has 4 heterocycles. The third-order valence-corrected chi connectivity index (χ3v) is 8.67. The molecule has 0 bridgehead atoms. The molecule has 0 saturated heterocycles. The summed E-state index contributed by atoms with van der Waals surface area (Å²) in [6.45, 7) is 2.24. The molecule has 4 aromatic heterocycles. The Morgan fingerprint density at radius 3 is 2.72 bits per heavy atom. The third kappa shape index (κ3) is 4.51. The summed E-state index contributed by atoms with van der Waals surface area (Å²) in [4.78, 5) is 52.5. The molecule has 4 N–H and O–H groups in total. The van der Waals surface area contributed by atoms with Gasteiger partial charge in [0.1, 0.15) is 34.6 Å². The summed E-state index contributed by atoms with van der Waals surface area (Å²) >= 11 is 0. The van der Waals surface area contributed by atoms with Crippen LogP contribution in [0.3, 0.4) is 0 Å². The Balaban J connectivity index is 1.40. The summed E-state index contributed by atoms with van der Waals surface area (Å²) in [5.41, 5.74) is 5.37. The second kappa shape index (κ2) is 10.4. The van der Waals surface area contributed by atoms with E-state index < -0.39 is 62.5 Å². The van der Waals surface area contributed by atoms with Gasteiger partial charge in [-0.2, -0.15) is 0 Å². The fraction of sp³-hybridized carbons (Fsp3) is 0.517. The molecule has 6 rings (SSSR count). The van der Waals surface area contributed by atoms with E-state index >= 15 is 0 Å². The van der Waals surface area contributed by atoms with E-state index in [1.165, 1.54) is 23.8 Å². The van der Waals surface area contributed by atoms with Gasteiger partial charge in [0.25, 0.3) is 0 Å². The number of aryl methyl sites for hydroxylation is 2. The molecular formula is C29H37N9O5. The van der Waals surface area contributed by atoms with Crippen molar-refractivity contribution in [3.05, 3.63) is 40.2 Å². The zero-order valence-corrected chi connectivity index (χ0v) is 23.7. The molecule has 2 aliphatic carbocycles. The molecule has 14 heteroatoms. The Morgan fingerprint density at radius 1 is 1.21 bits per heavy atom. The number of hydrogen-bond donors (Lipinski definition) is 3. The van der Waals surface area contributed by atoms with Gasteiger partial charge in [-0.25, -0.2) is 24.5 Å². The number of methoxy groups -OCH3 is 2. The summed E-state index contributed by atoms with van der Waals surface area (Å²) in [6.07, 6.45) is 0.326. The lowest BCUT2D eigenvalue weighted by atomic mass is 10.1. The number of ether oxygens (including phenoxy) is 2. The molecule has 2 fully saturated rings. The number of carbonyl (C=O) groups is 2. The largest absolute Gasteiger partial charge is 0.453 e. The molecule has 5 atom stereocenters. The molecule has 5 unspecified atom stereocenters. The van der Waals surface area contributed by atoms with Gasteiger partial charge >= 0.3 is 11.8 Å². The highest BCUT2D eigenvalue weighted by atomic mass is 16.5. The second-order valence-electron chi connectivity index (χ2n) is 11.3. The number of primary amides is 1. The summed E-state index contributed by atoms with van der Waals surface area (Å²) < 4.78 is 81.6. The molecule has 0 aliphatic heterocycles. The van der Waals surface area contributed by atoms with E-state index in [0.29, 0.717) is 34.9 Å². The van der Waals surface area contributed by atoms with Gasteiger partial charge in [-0.15, -0.1) is 0 Å². The van der Waals surface area contributed by atoms with E-state index in [1.807, 2.05) is 6.92 Å². The van der Waals surface area contributed by atoms with Crippen LogP contribution in [0.1, 0.15) is 75.4 Å². The van der Waals surface area contributed by atoms with Crippen molar-refractivity contribution in [3.63, 3.8) is 0 Å². The second-order valence-corrected chi connectivity index (χ2v) is 11.3. The molecule has 14 nitrogen and oxygen atoms in total. The average Bonchev–Trinajstić information content (AvgIpc) is 3.27. The highest BCUT2D eigenvalue weighted by molar-refractivity contribution is 5.90. The first kappa shape index (κ1) is 19.7. The lowest BCUT2D eigenvalue weighted by Gasteiger charge is -2.21. The van der Waals surface area contributed by atoms with Gasteiger partial charge < -0.3 is 25.8 Å². The predicted octanol–water partition coefficient (Wildman–Crippen LogP) is 2.91. The fourth-order valence-electron chi connectivity index (χ4n) is 6.36. The third-order valence-electron chi connectivity index (χ3n) is 8.67. The van der Waals surface area contributed by atoms with Crippen LogP contribution in [0.4, 0.5) is 16.4 Å². The van der Waals surface area contributed by atoms with E-state index in [1.54, 1.807) is 17.6 Å². The van der Waals surface area contributed by atoms with E-state index in [0.717, 1.165) is 0 Å². The zero-order chi connectivity index (χ0) is 38.3. The zero-order valence-electron chi connectivity index (χ0n) is 32.7. The number of fused-ring (bicyclic) bond motifs is 2. The minimum absolute atomic E-state index is 0.0328. The molecule has 0 spiro atoms. The fourth-order valence-corrected chi connectivity index (χ4v) is 6.36. The van der Waals surface area contributed by atoms with E-state index in [2.05, 4.69) is 25.3 Å². The molecule has 0 radical (unpaired) electrons. The number of rotatable bonds is 8. The minimum atomic E-state index is -2.94. The van der Waals surface area contributed by atoms with Crippen molar-refractivity contribution in [1.29, 1.82) is 0 Å². The molecule has 4 aromatic rings. The molecule has 2 amide bonds. The van der Waals surface area contributed by atoms with Crippen LogP contribution in [-0.2, 0) is 26.8 Å². The maximum Gasteiger partial charge on any atom is 0.407 e. The van der Waals surface area contributed by atoms with E-state index in [9.17, 15) is 14.4 Å². The topological polar surface area (TPSA) is 173 Å². The first-order valence-corrected chi connectivity index (χ1v) is 13.8. The van der Waals surface area contributed by atoms with Gasteiger partial charge in [-0.1, -0.05) is 6.92 Å². The summed E-state index contributed by atoms with van der Waals surface area (Å²) in [6, 6.07) is 2.04. The molecule has 228 valence electrons. The number of nitrogens with two attached hydrogens (primary N) is 1. The Labute approximate surface area is 260 Å². The normalized spacial score (nSPS) is 27.9. The van der Waals surface area contributed by atoms with Gasteiger partial charge in [0.05, 0.1) is 32.5 Å². The smallest absolute Gasteiger partial charge is 0.407 e. The molecule has 0 aromatic carbocycles. The predicted molar refractivity (Wildman–Crippen MR) is 159 cm³/mol. The maximum atomic E-state index is 13.7. The number of hydrogen-bond acceptors (Lipinski definition) is 9. The Hall–Kier alpha value is -4.46. The van der Waals surface area contributed by atoms with Gasteiger partial charge in [-0.3, -0.25) is 18.5 Å². The van der Waals surface area contributed by atoms with Crippen LogP contribution in [-0.4, -0.2) is 60.8 Å². The number of anilines is 2. The van der Waals surface area contributed by atoms with Crippen molar-refractivity contribution in [3.8, 4) is 0 Å². The number of imidazole rings is 2. The Bertz CT molecular complexity index is 2140. The number of amides is 2. The van der Waals surface area contributed by atoms with Gasteiger partial charge in [-0.05, 0) is 57.1 Å². The van der Waals surface area contributed by atoms with Crippen LogP contribution in [0, 0.1) is 12.8 Å². The Morgan fingerprint density at radius 2 is 2.02 bits per heavy atom. The SMILES string of the molecule is [2H]C([2H])([2H])OC(=O)NC1CCC(n2c(=O)n(C([2H])([2H])[2H])c3cnc(Nc4cc(C)c5nc(C(C)OC([2H])([2H])[2H])n(C6(C(N)=O)CC6C)c5n4)cc32)C1. The lowest BCUT2D eigenvalue weighted by molar-refractivity contribution is -0.122. The van der Waals surface area contributed by atoms with Gasteiger partial charge in [0.15, 0.2) is 5.65 Å².